The molecule has 3 aromatic rings. The maximum absolute atomic E-state index is 11.6. The summed E-state index contributed by atoms with van der Waals surface area (Å²) in [6.45, 7) is 7.64. The van der Waals surface area contributed by atoms with Crippen molar-refractivity contribution in [1.82, 2.24) is 19.7 Å². The number of rotatable bonds is 4. The van der Waals surface area contributed by atoms with Crippen LogP contribution in [0.25, 0.3) is 17.0 Å². The van der Waals surface area contributed by atoms with E-state index in [-0.39, 0.29) is 4.99 Å². The molecule has 30 heavy (non-hydrogen) atoms. The molecule has 0 saturated carbocycles. The van der Waals surface area contributed by atoms with Crippen LogP contribution < -0.4 is 11.1 Å². The molecule has 0 aliphatic heterocycles. The van der Waals surface area contributed by atoms with Gasteiger partial charge in [-0.15, -0.1) is 0 Å². The first-order valence-electron chi connectivity index (χ1n) is 9.04. The predicted octanol–water partition coefficient (Wildman–Crippen LogP) is 5.00. The van der Waals surface area contributed by atoms with E-state index in [4.69, 9.17) is 41.2 Å². The quantitative estimate of drug-likeness (QED) is 0.468. The maximum Gasteiger partial charge on any atom is 0.405 e. The number of carbonyl (C=O) groups is 1. The molecular weight excluding hydrogens is 445 g/mol. The molecular formula is C20H21Cl2N5O2S. The lowest BCUT2D eigenvalue weighted by Gasteiger charge is -2.33. The van der Waals surface area contributed by atoms with E-state index in [1.54, 1.807) is 35.7 Å². The Morgan fingerprint density at radius 2 is 1.97 bits per heavy atom. The summed E-state index contributed by atoms with van der Waals surface area (Å²) in [7, 11) is 0. The Morgan fingerprint density at radius 1 is 1.30 bits per heavy atom. The number of hydrogen-bond donors (Lipinski definition) is 3. The third-order valence-corrected chi connectivity index (χ3v) is 5.46. The van der Waals surface area contributed by atoms with Gasteiger partial charge in [-0.25, -0.2) is 14.8 Å². The molecule has 7 nitrogen and oxygen atoms in total. The third kappa shape index (κ3) is 4.21. The van der Waals surface area contributed by atoms with Crippen LogP contribution in [-0.2, 0) is 0 Å². The van der Waals surface area contributed by atoms with Crippen molar-refractivity contribution < 1.29 is 9.90 Å². The fraction of sp³-hybridized carbons (Fsp3) is 0.300. The number of amides is 1. The van der Waals surface area contributed by atoms with Gasteiger partial charge in [0.1, 0.15) is 10.7 Å². The van der Waals surface area contributed by atoms with Crippen molar-refractivity contribution in [2.75, 3.05) is 0 Å². The lowest BCUT2D eigenvalue weighted by molar-refractivity contribution is 0.174. The molecule has 158 valence electrons. The van der Waals surface area contributed by atoms with Crippen molar-refractivity contribution in [2.24, 2.45) is 11.1 Å². The third-order valence-electron chi connectivity index (χ3n) is 4.70. The van der Waals surface area contributed by atoms with E-state index in [9.17, 15) is 9.90 Å². The van der Waals surface area contributed by atoms with Gasteiger partial charge in [0.05, 0.1) is 16.8 Å². The van der Waals surface area contributed by atoms with E-state index < -0.39 is 17.6 Å². The molecule has 1 unspecified atom stereocenters. The van der Waals surface area contributed by atoms with Gasteiger partial charge >= 0.3 is 6.09 Å². The summed E-state index contributed by atoms with van der Waals surface area (Å²) < 4.78 is 1.73. The lowest BCUT2D eigenvalue weighted by Crippen LogP contribution is -2.37. The number of nitrogens with zero attached hydrogens (tertiary/aromatic N) is 3. The van der Waals surface area contributed by atoms with E-state index in [1.165, 1.54) is 0 Å². The number of thiocarbonyl (C=S) groups is 1. The number of nitrogens with two attached hydrogens (primary N) is 1. The predicted molar refractivity (Wildman–Crippen MR) is 122 cm³/mol. The van der Waals surface area contributed by atoms with Gasteiger partial charge in [0.2, 0.25) is 5.78 Å². The zero-order chi connectivity index (χ0) is 22.4. The molecule has 0 fully saturated rings. The van der Waals surface area contributed by atoms with Crippen molar-refractivity contribution in [3.63, 3.8) is 0 Å². The number of nitrogens with one attached hydrogen (secondary N) is 1. The first-order chi connectivity index (χ1) is 13.9. The fourth-order valence-electron chi connectivity index (χ4n) is 3.39. The summed E-state index contributed by atoms with van der Waals surface area (Å²) in [6.07, 6.45) is 0.533. The minimum atomic E-state index is -1.14. The first-order valence-corrected chi connectivity index (χ1v) is 10.2. The minimum Gasteiger partial charge on any atom is -0.465 e. The highest BCUT2D eigenvalue weighted by atomic mass is 35.5. The van der Waals surface area contributed by atoms with Crippen molar-refractivity contribution in [2.45, 2.75) is 33.7 Å². The molecule has 0 saturated heterocycles. The van der Waals surface area contributed by atoms with Gasteiger partial charge in [0.25, 0.3) is 0 Å². The molecule has 0 spiro atoms. The summed E-state index contributed by atoms with van der Waals surface area (Å²) in [5.41, 5.74) is 8.29. The van der Waals surface area contributed by atoms with Crippen LogP contribution in [0.2, 0.25) is 10.0 Å². The minimum absolute atomic E-state index is 0.129. The molecule has 4 N–H and O–H groups in total. The van der Waals surface area contributed by atoms with Crippen molar-refractivity contribution in [3.05, 3.63) is 51.4 Å². The SMILES string of the molecule is Cc1nc2nc(C(N)=S)cn2c(-c2ccc(Cl)cc2Cl)c1C(NC(=O)O)C(C)(C)C. The summed E-state index contributed by atoms with van der Waals surface area (Å²) in [5.74, 6) is 0.378. The average molecular weight is 466 g/mol. The average Bonchev–Trinajstić information content (AvgIpc) is 3.02. The molecule has 1 atom stereocenters. The number of benzene rings is 1. The van der Waals surface area contributed by atoms with Gasteiger partial charge in [0, 0.05) is 28.0 Å². The van der Waals surface area contributed by atoms with Gasteiger partial charge in [-0.2, -0.15) is 0 Å². The van der Waals surface area contributed by atoms with E-state index in [0.717, 1.165) is 0 Å². The highest BCUT2D eigenvalue weighted by molar-refractivity contribution is 7.80. The van der Waals surface area contributed by atoms with E-state index in [0.29, 0.717) is 44.0 Å². The fourth-order valence-corrected chi connectivity index (χ4v) is 3.99. The Morgan fingerprint density at radius 3 is 2.50 bits per heavy atom. The number of imidazole rings is 1. The highest BCUT2D eigenvalue weighted by Gasteiger charge is 2.34. The van der Waals surface area contributed by atoms with Gasteiger partial charge in [-0.3, -0.25) is 4.40 Å². The molecule has 10 heteroatoms. The lowest BCUT2D eigenvalue weighted by atomic mass is 9.80. The van der Waals surface area contributed by atoms with Crippen LogP contribution in [-0.4, -0.2) is 30.6 Å². The number of aryl methyl sites for hydroxylation is 1. The summed E-state index contributed by atoms with van der Waals surface area (Å²) in [5, 5.41) is 13.0. The van der Waals surface area contributed by atoms with Gasteiger partial charge in [-0.05, 0) is 30.5 Å². The second-order valence-corrected chi connectivity index (χ2v) is 9.28. The van der Waals surface area contributed by atoms with Gasteiger partial charge in [-0.1, -0.05) is 56.2 Å². The maximum atomic E-state index is 11.6. The Balaban J connectivity index is 2.48. The molecule has 1 amide bonds. The molecule has 0 aliphatic carbocycles. The summed E-state index contributed by atoms with van der Waals surface area (Å²) in [4.78, 5) is 20.8. The van der Waals surface area contributed by atoms with Gasteiger partial charge in [0.15, 0.2) is 0 Å². The van der Waals surface area contributed by atoms with Crippen LogP contribution in [0, 0.1) is 12.3 Å². The zero-order valence-electron chi connectivity index (χ0n) is 16.8. The second-order valence-electron chi connectivity index (χ2n) is 7.99. The molecule has 2 heterocycles. The molecule has 3 rings (SSSR count). The van der Waals surface area contributed by atoms with Crippen LogP contribution in [0.3, 0.4) is 0 Å². The summed E-state index contributed by atoms with van der Waals surface area (Å²) >= 11 is 17.7. The van der Waals surface area contributed by atoms with Crippen molar-refractivity contribution >= 4 is 52.3 Å². The largest absolute Gasteiger partial charge is 0.465 e. The topological polar surface area (TPSA) is 106 Å². The summed E-state index contributed by atoms with van der Waals surface area (Å²) in [6, 6.07) is 4.54. The Labute approximate surface area is 189 Å². The Hall–Kier alpha value is -2.42. The standard InChI is InChI=1S/C20H21Cl2N5O2S/c1-9-14(16(20(2,3)4)26-19(28)29)15(11-6-5-10(21)7-12(11)22)27-8-13(17(23)30)25-18(27)24-9/h5-8,16,26H,1-4H3,(H2,23,30)(H,28,29). The molecule has 2 aromatic heterocycles. The normalized spacial score (nSPS) is 12.7. The highest BCUT2D eigenvalue weighted by Crippen LogP contribution is 2.42. The van der Waals surface area contributed by atoms with Crippen molar-refractivity contribution in [1.29, 1.82) is 0 Å². The van der Waals surface area contributed by atoms with Crippen LogP contribution in [0.5, 0.6) is 0 Å². The number of hydrogen-bond acceptors (Lipinski definition) is 4. The number of halogens is 2. The number of aromatic nitrogens is 3. The smallest absolute Gasteiger partial charge is 0.405 e. The monoisotopic (exact) mass is 465 g/mol. The van der Waals surface area contributed by atoms with E-state index in [2.05, 4.69) is 15.3 Å². The molecule has 0 radical (unpaired) electrons. The van der Waals surface area contributed by atoms with Crippen LogP contribution >= 0.6 is 35.4 Å². The Kier molecular flexibility index (Phi) is 5.95. The van der Waals surface area contributed by atoms with Crippen LogP contribution in [0.4, 0.5) is 4.79 Å². The first kappa shape index (κ1) is 22.3. The zero-order valence-corrected chi connectivity index (χ0v) is 19.2. The van der Waals surface area contributed by atoms with Crippen LogP contribution in [0.1, 0.15) is 43.8 Å². The molecule has 0 aliphatic rings. The van der Waals surface area contributed by atoms with E-state index in [1.807, 2.05) is 20.8 Å². The second kappa shape index (κ2) is 8.02. The molecule has 1 aromatic carbocycles. The van der Waals surface area contributed by atoms with E-state index >= 15 is 0 Å². The Bertz CT molecular complexity index is 1170. The van der Waals surface area contributed by atoms with Crippen LogP contribution in [0.15, 0.2) is 24.4 Å². The van der Waals surface area contributed by atoms with Crippen molar-refractivity contribution in [3.8, 4) is 11.3 Å². The number of fused-ring (bicyclic) bond motifs is 1. The van der Waals surface area contributed by atoms with Gasteiger partial charge < -0.3 is 16.2 Å². The molecule has 0 bridgehead atoms. The number of carboxylic acid groups (broad SMARTS) is 1.